The minimum atomic E-state index is -0.176. The van der Waals surface area contributed by atoms with Crippen LogP contribution in [0, 0.1) is 5.92 Å². The fourth-order valence-corrected chi connectivity index (χ4v) is 7.95. The van der Waals surface area contributed by atoms with Crippen LogP contribution in [-0.2, 0) is 5.41 Å². The van der Waals surface area contributed by atoms with E-state index in [4.69, 9.17) is 9.98 Å². The van der Waals surface area contributed by atoms with E-state index in [9.17, 15) is 0 Å². The lowest BCUT2D eigenvalue weighted by Gasteiger charge is -2.27. The van der Waals surface area contributed by atoms with Crippen molar-refractivity contribution in [3.8, 4) is 16.8 Å². The average Bonchev–Trinajstić information content (AvgIpc) is 3.57. The average molecular weight is 609 g/mol. The summed E-state index contributed by atoms with van der Waals surface area (Å²) in [7, 11) is 0. The second-order valence-corrected chi connectivity index (χ2v) is 13.6. The molecule has 2 aliphatic carbocycles. The van der Waals surface area contributed by atoms with Crippen molar-refractivity contribution < 1.29 is 0 Å². The Bertz CT molecular complexity index is 2350. The zero-order chi connectivity index (χ0) is 31.7. The number of nitrogens with zero attached hydrogens (tertiary/aromatic N) is 3. The van der Waals surface area contributed by atoms with Crippen LogP contribution >= 0.6 is 0 Å². The molecule has 0 spiro atoms. The van der Waals surface area contributed by atoms with Crippen molar-refractivity contribution in [2.75, 3.05) is 0 Å². The monoisotopic (exact) mass is 608 g/mol. The molecule has 2 atom stereocenters. The van der Waals surface area contributed by atoms with Gasteiger partial charge in [0, 0.05) is 33.0 Å². The van der Waals surface area contributed by atoms with Crippen molar-refractivity contribution in [1.82, 2.24) is 9.88 Å². The van der Waals surface area contributed by atoms with Crippen LogP contribution in [0.5, 0.6) is 0 Å². The van der Waals surface area contributed by atoms with Crippen LogP contribution in [0.3, 0.4) is 0 Å². The number of hydrogen-bond acceptors (Lipinski definition) is 3. The number of rotatable bonds is 4. The molecule has 1 N–H and O–H groups in total. The number of aromatic nitrogens is 1. The normalized spacial score (nSPS) is 19.5. The number of aliphatic imine (C=N–C) groups is 2. The van der Waals surface area contributed by atoms with E-state index in [1.807, 2.05) is 6.07 Å². The molecule has 0 bridgehead atoms. The zero-order valence-electron chi connectivity index (χ0n) is 26.9. The van der Waals surface area contributed by atoms with Gasteiger partial charge in [0.15, 0.2) is 5.84 Å². The fourth-order valence-electron chi connectivity index (χ4n) is 7.95. The molecular formula is C43H36N4. The van der Waals surface area contributed by atoms with E-state index in [1.54, 1.807) is 0 Å². The minimum absolute atomic E-state index is 0.141. The van der Waals surface area contributed by atoms with Crippen molar-refractivity contribution in [2.45, 2.75) is 38.8 Å². The lowest BCUT2D eigenvalue weighted by molar-refractivity contribution is 0.614. The highest BCUT2D eigenvalue weighted by Gasteiger charge is 2.38. The van der Waals surface area contributed by atoms with Gasteiger partial charge in [0.25, 0.3) is 0 Å². The molecule has 0 radical (unpaired) electrons. The van der Waals surface area contributed by atoms with Crippen LogP contribution in [0.4, 0.5) is 0 Å². The molecule has 0 amide bonds. The molecule has 2 heterocycles. The van der Waals surface area contributed by atoms with Gasteiger partial charge in [-0.15, -0.1) is 0 Å². The molecule has 228 valence electrons. The first-order valence-electron chi connectivity index (χ1n) is 16.6. The first-order chi connectivity index (χ1) is 23.0. The van der Waals surface area contributed by atoms with E-state index in [1.165, 1.54) is 49.6 Å². The van der Waals surface area contributed by atoms with E-state index >= 15 is 0 Å². The molecule has 1 aliphatic heterocycles. The van der Waals surface area contributed by atoms with Gasteiger partial charge in [0.2, 0.25) is 0 Å². The van der Waals surface area contributed by atoms with E-state index < -0.39 is 0 Å². The number of amidine groups is 2. The Balaban J connectivity index is 1.24. The van der Waals surface area contributed by atoms with Crippen LogP contribution in [0.25, 0.3) is 38.6 Å². The third-order valence-corrected chi connectivity index (χ3v) is 10.2. The first-order valence-corrected chi connectivity index (χ1v) is 16.6. The molecular weight excluding hydrogens is 573 g/mol. The van der Waals surface area contributed by atoms with Gasteiger partial charge >= 0.3 is 0 Å². The Hall–Kier alpha value is -5.48. The zero-order valence-corrected chi connectivity index (χ0v) is 26.9. The molecule has 0 saturated carbocycles. The number of nitrogens with one attached hydrogen (secondary N) is 1. The van der Waals surface area contributed by atoms with Crippen LogP contribution in [0.15, 0.2) is 149 Å². The highest BCUT2D eigenvalue weighted by atomic mass is 15.2. The molecule has 47 heavy (non-hydrogen) atoms. The number of para-hydroxylation sites is 1. The van der Waals surface area contributed by atoms with E-state index in [2.05, 4.69) is 158 Å². The van der Waals surface area contributed by atoms with Crippen LogP contribution in [0.2, 0.25) is 0 Å². The molecule has 5 aromatic carbocycles. The molecule has 0 fully saturated rings. The van der Waals surface area contributed by atoms with Crippen molar-refractivity contribution in [3.05, 3.63) is 161 Å². The van der Waals surface area contributed by atoms with Gasteiger partial charge in [0.1, 0.15) is 12.0 Å². The van der Waals surface area contributed by atoms with Crippen molar-refractivity contribution in [1.29, 1.82) is 0 Å². The highest BCUT2D eigenvalue weighted by Crippen LogP contribution is 2.52. The summed E-state index contributed by atoms with van der Waals surface area (Å²) < 4.78 is 2.48. The standard InChI is InChI=1S/C43H36N4/c1-27-13-11-16-29(25-27)41-44-40(28-14-5-4-6-15-28)45-42(46-41)30-17-12-18-31(26-30)47-37-22-10-8-20-33(37)35-24-23-34-32-19-7-9-21-36(32)43(2,3)38(34)39(35)47/h4-24,26-27,41H,25H2,1-3H3,(H,44,45,46). The van der Waals surface area contributed by atoms with Crippen molar-refractivity contribution in [3.63, 3.8) is 0 Å². The van der Waals surface area contributed by atoms with Gasteiger partial charge in [-0.05, 0) is 58.4 Å². The number of fused-ring (bicyclic) bond motifs is 7. The maximum absolute atomic E-state index is 5.14. The summed E-state index contributed by atoms with van der Waals surface area (Å²) in [6.45, 7) is 7.00. The molecule has 9 rings (SSSR count). The van der Waals surface area contributed by atoms with Crippen molar-refractivity contribution in [2.24, 2.45) is 15.9 Å². The predicted octanol–water partition coefficient (Wildman–Crippen LogP) is 9.74. The third-order valence-electron chi connectivity index (χ3n) is 10.2. The Kier molecular flexibility index (Phi) is 6.23. The summed E-state index contributed by atoms with van der Waals surface area (Å²) in [6.07, 6.45) is 7.42. The van der Waals surface area contributed by atoms with Crippen LogP contribution < -0.4 is 5.32 Å². The van der Waals surface area contributed by atoms with Crippen LogP contribution in [0.1, 0.15) is 49.4 Å². The Morgan fingerprint density at radius 3 is 2.43 bits per heavy atom. The van der Waals surface area contributed by atoms with Crippen molar-refractivity contribution >= 4 is 33.5 Å². The van der Waals surface area contributed by atoms with E-state index in [-0.39, 0.29) is 11.6 Å². The number of benzene rings is 5. The second kappa shape index (κ2) is 10.5. The molecule has 4 nitrogen and oxygen atoms in total. The van der Waals surface area contributed by atoms with Gasteiger partial charge in [-0.1, -0.05) is 136 Å². The summed E-state index contributed by atoms with van der Waals surface area (Å²) in [5.41, 5.74) is 12.2. The largest absolute Gasteiger partial charge is 0.344 e. The maximum atomic E-state index is 5.14. The molecule has 6 aromatic rings. The summed E-state index contributed by atoms with van der Waals surface area (Å²) in [5.74, 6) is 2.07. The second-order valence-electron chi connectivity index (χ2n) is 13.6. The van der Waals surface area contributed by atoms with E-state index in [0.717, 1.165) is 34.9 Å². The smallest absolute Gasteiger partial charge is 0.159 e. The lowest BCUT2D eigenvalue weighted by Crippen LogP contribution is -2.40. The third kappa shape index (κ3) is 4.35. The number of allylic oxidation sites excluding steroid dienone is 3. The van der Waals surface area contributed by atoms with Gasteiger partial charge in [-0.25, -0.2) is 9.98 Å². The van der Waals surface area contributed by atoms with Gasteiger partial charge in [0.05, 0.1) is 11.0 Å². The fraction of sp³-hybridized carbons (Fsp3) is 0.163. The summed E-state index contributed by atoms with van der Waals surface area (Å²) in [6, 6.07) is 41.5. The SMILES string of the molecule is CC1C=CC=C(C2N=C(c3ccccc3)N=C(c3cccc(-n4c5ccccc5c5ccc6c(c54)C(C)(C)c4ccccc4-6)c3)N2)C1. The Morgan fingerprint density at radius 2 is 1.55 bits per heavy atom. The van der Waals surface area contributed by atoms with Crippen LogP contribution in [-0.4, -0.2) is 22.4 Å². The Morgan fingerprint density at radius 1 is 0.766 bits per heavy atom. The topological polar surface area (TPSA) is 41.7 Å². The maximum Gasteiger partial charge on any atom is 0.159 e. The number of hydrogen-bond donors (Lipinski definition) is 1. The minimum Gasteiger partial charge on any atom is -0.344 e. The first kappa shape index (κ1) is 27.8. The summed E-state index contributed by atoms with van der Waals surface area (Å²) in [4.78, 5) is 10.3. The molecule has 0 saturated heterocycles. The van der Waals surface area contributed by atoms with Gasteiger partial charge in [-0.2, -0.15) is 0 Å². The van der Waals surface area contributed by atoms with Gasteiger partial charge in [-0.3, -0.25) is 0 Å². The molecule has 1 aromatic heterocycles. The predicted molar refractivity (Wildman–Crippen MR) is 196 cm³/mol. The van der Waals surface area contributed by atoms with Gasteiger partial charge < -0.3 is 9.88 Å². The molecule has 2 unspecified atom stereocenters. The molecule has 3 aliphatic rings. The lowest BCUT2D eigenvalue weighted by atomic mass is 9.81. The highest BCUT2D eigenvalue weighted by molar-refractivity contribution is 6.15. The summed E-state index contributed by atoms with van der Waals surface area (Å²) >= 11 is 0. The molecule has 4 heteroatoms. The Labute approximate surface area is 275 Å². The van der Waals surface area contributed by atoms with E-state index in [0.29, 0.717) is 5.92 Å². The quantitative estimate of drug-likeness (QED) is 0.213. The summed E-state index contributed by atoms with van der Waals surface area (Å²) in [5, 5.41) is 6.27.